The molecule has 0 aromatic heterocycles. The molecule has 0 amide bonds. The first kappa shape index (κ1) is 42.1. The molecule has 300 valence electrons. The maximum Gasteiger partial charge on any atom is 0.0707 e. The molecule has 0 nitrogen and oxygen atoms in total. The van der Waals surface area contributed by atoms with Crippen LogP contribution in [0, 0.1) is 0 Å². The van der Waals surface area contributed by atoms with Crippen molar-refractivity contribution >= 4 is 121 Å². The normalized spacial score (nSPS) is 14.3. The van der Waals surface area contributed by atoms with E-state index in [1.807, 2.05) is 0 Å². The zero-order valence-electron chi connectivity index (χ0n) is 33.5. The van der Waals surface area contributed by atoms with Gasteiger partial charge in [-0.3, -0.25) is 0 Å². The average Bonchev–Trinajstić information content (AvgIpc) is 3.97. The molecule has 0 saturated heterocycles. The second-order valence-corrected chi connectivity index (χ2v) is 28.6. The molecule has 8 aromatic carbocycles. The number of thioether (sulfide) groups is 4. The van der Waals surface area contributed by atoms with Gasteiger partial charge < -0.3 is 0 Å². The monoisotopic (exact) mass is 940 g/mol. The van der Waals surface area contributed by atoms with Crippen LogP contribution in [0.4, 0.5) is 0 Å². The van der Waals surface area contributed by atoms with Crippen molar-refractivity contribution in [3.8, 4) is 0 Å². The van der Waals surface area contributed by atoms with E-state index in [1.54, 1.807) is 0 Å². The predicted octanol–water partition coefficient (Wildman–Crippen LogP) is 13.9. The van der Waals surface area contributed by atoms with Gasteiger partial charge in [-0.25, -0.2) is 0 Å². The van der Waals surface area contributed by atoms with Crippen LogP contribution in [0.1, 0.15) is 0 Å². The fraction of sp³-hybridized carbons (Fsp3) is 0. The summed E-state index contributed by atoms with van der Waals surface area (Å²) in [7, 11) is -3.43. The molecular weight excluding hydrogens is 901 g/mol. The van der Waals surface area contributed by atoms with Gasteiger partial charge in [-0.05, 0) is 74.1 Å². The lowest BCUT2D eigenvalue weighted by molar-refractivity contribution is 1.75. The number of hydrogen-bond acceptors (Lipinski definition) is 4. The molecule has 10 rings (SSSR count). The molecule has 2 aliphatic rings. The highest BCUT2D eigenvalue weighted by Crippen LogP contribution is 2.76. The van der Waals surface area contributed by atoms with Crippen molar-refractivity contribution in [3.63, 3.8) is 0 Å². The highest BCUT2D eigenvalue weighted by molar-refractivity contribution is 8.40. The molecule has 0 N–H and O–H groups in total. The molecule has 0 bridgehead atoms. The van der Waals surface area contributed by atoms with Crippen LogP contribution in [-0.4, -0.2) is 0 Å². The van der Waals surface area contributed by atoms with Gasteiger partial charge in [-0.2, -0.15) is 0 Å². The molecule has 0 unspecified atom stereocenters. The Morgan fingerprint density at radius 3 is 0.435 bits per heavy atom. The fourth-order valence-corrected chi connectivity index (χ4v) is 27.9. The van der Waals surface area contributed by atoms with Crippen LogP contribution < -0.4 is 42.4 Å². The summed E-state index contributed by atoms with van der Waals surface area (Å²) in [4.78, 5) is 0. The SMILES string of the molecule is c1ccc(P(C2=C(P(c3ccccc3)c3ccccc3)SC(=C3SC(P(c4ccccc4)c4ccccc4)=C(P(c4ccccc4)c4ccccc4)S3)S2)c2ccccc2)cc1. The van der Waals surface area contributed by atoms with E-state index in [-0.39, 0.29) is 0 Å². The summed E-state index contributed by atoms with van der Waals surface area (Å²) >= 11 is 8.22. The van der Waals surface area contributed by atoms with E-state index in [2.05, 4.69) is 290 Å². The van der Waals surface area contributed by atoms with Gasteiger partial charge in [0.05, 0.1) is 8.47 Å². The van der Waals surface area contributed by atoms with Crippen LogP contribution in [0.3, 0.4) is 0 Å². The second kappa shape index (κ2) is 20.3. The Hall–Kier alpha value is -3.90. The summed E-state index contributed by atoms with van der Waals surface area (Å²) < 4.78 is 8.82. The summed E-state index contributed by atoms with van der Waals surface area (Å²) in [6, 6.07) is 90.3. The molecule has 0 saturated carbocycles. The minimum Gasteiger partial charge on any atom is -0.0785 e. The number of hydrogen-bond donors (Lipinski definition) is 0. The van der Waals surface area contributed by atoms with Gasteiger partial charge in [0.2, 0.25) is 0 Å². The molecule has 0 atom stereocenters. The fourth-order valence-electron chi connectivity index (χ4n) is 7.45. The summed E-state index contributed by atoms with van der Waals surface area (Å²) in [5.41, 5.74) is 0. The third kappa shape index (κ3) is 9.19. The molecule has 8 aromatic rings. The van der Waals surface area contributed by atoms with Crippen molar-refractivity contribution < 1.29 is 0 Å². The van der Waals surface area contributed by atoms with Crippen LogP contribution in [0.2, 0.25) is 0 Å². The first-order valence-electron chi connectivity index (χ1n) is 20.4. The van der Waals surface area contributed by atoms with Gasteiger partial charge in [0.15, 0.2) is 0 Å². The van der Waals surface area contributed by atoms with Crippen molar-refractivity contribution in [2.45, 2.75) is 0 Å². The predicted molar refractivity (Wildman–Crippen MR) is 288 cm³/mol. The first-order chi connectivity index (χ1) is 30.8. The molecule has 8 heteroatoms. The third-order valence-electron chi connectivity index (χ3n) is 10.2. The second-order valence-electron chi connectivity index (χ2n) is 14.2. The Morgan fingerprint density at radius 2 is 0.306 bits per heavy atom. The van der Waals surface area contributed by atoms with E-state index in [9.17, 15) is 0 Å². The highest BCUT2D eigenvalue weighted by Gasteiger charge is 2.41. The van der Waals surface area contributed by atoms with Crippen LogP contribution in [0.5, 0.6) is 0 Å². The van der Waals surface area contributed by atoms with Crippen LogP contribution >= 0.6 is 78.7 Å². The van der Waals surface area contributed by atoms with Gasteiger partial charge in [0.1, 0.15) is 0 Å². The smallest absolute Gasteiger partial charge is 0.0707 e. The van der Waals surface area contributed by atoms with Gasteiger partial charge in [-0.1, -0.05) is 290 Å². The lowest BCUT2D eigenvalue weighted by Crippen LogP contribution is -2.15. The van der Waals surface area contributed by atoms with Gasteiger partial charge in [0.25, 0.3) is 0 Å². The van der Waals surface area contributed by atoms with Crippen LogP contribution in [0.25, 0.3) is 0 Å². The van der Waals surface area contributed by atoms with E-state index in [1.165, 1.54) is 69.5 Å². The Bertz CT molecular complexity index is 2280. The molecule has 2 heterocycles. The van der Waals surface area contributed by atoms with E-state index >= 15 is 0 Å². The Labute approximate surface area is 387 Å². The van der Waals surface area contributed by atoms with E-state index in [4.69, 9.17) is 0 Å². The number of benzene rings is 8. The maximum absolute atomic E-state index is 2.35. The Kier molecular flexibility index (Phi) is 13.8. The zero-order valence-corrected chi connectivity index (χ0v) is 40.4. The summed E-state index contributed by atoms with van der Waals surface area (Å²) in [6.07, 6.45) is 0. The van der Waals surface area contributed by atoms with Crippen LogP contribution in [0.15, 0.2) is 270 Å². The molecule has 0 fully saturated rings. The van der Waals surface area contributed by atoms with Crippen molar-refractivity contribution in [2.24, 2.45) is 0 Å². The molecule has 0 radical (unpaired) electrons. The highest BCUT2D eigenvalue weighted by atomic mass is 32.2. The van der Waals surface area contributed by atoms with Crippen molar-refractivity contribution in [1.29, 1.82) is 0 Å². The van der Waals surface area contributed by atoms with Gasteiger partial charge in [-0.15, -0.1) is 0 Å². The van der Waals surface area contributed by atoms with Gasteiger partial charge in [0, 0.05) is 18.6 Å². The molecule has 2 aliphatic heterocycles. The molecular formula is C54H40P4S4. The van der Waals surface area contributed by atoms with E-state index in [0.29, 0.717) is 0 Å². The zero-order chi connectivity index (χ0) is 41.5. The van der Waals surface area contributed by atoms with Crippen molar-refractivity contribution in [3.05, 3.63) is 270 Å². The van der Waals surface area contributed by atoms with E-state index < -0.39 is 31.7 Å². The quantitative estimate of drug-likeness (QED) is 0.112. The standard InChI is InChI=1S/C54H40P4S4/c1-9-25-41(26-10-1)55(42-27-11-2-12-28-42)49-50(56(43-29-13-3-14-30-43)44-31-15-4-16-32-44)60-53(59-49)54-61-51(57(45-33-17-5-18-34-45)46-35-19-6-20-36-46)52(62-54)58(47-37-21-7-22-38-47)48-39-23-8-24-40-48/h1-40H. The van der Waals surface area contributed by atoms with E-state index in [0.717, 1.165) is 0 Å². The third-order valence-corrected chi connectivity index (χ3v) is 28.4. The molecule has 0 aliphatic carbocycles. The minimum absolute atomic E-state index is 0.857. The Morgan fingerprint density at radius 1 is 0.177 bits per heavy atom. The van der Waals surface area contributed by atoms with Crippen molar-refractivity contribution in [2.75, 3.05) is 0 Å². The Balaban J connectivity index is 1.19. The summed E-state index contributed by atoms with van der Waals surface area (Å²) in [5.74, 6) is 0. The first-order valence-corrected chi connectivity index (χ1v) is 29.0. The molecule has 62 heavy (non-hydrogen) atoms. The topological polar surface area (TPSA) is 0 Å². The van der Waals surface area contributed by atoms with Crippen molar-refractivity contribution in [1.82, 2.24) is 0 Å². The summed E-state index contributed by atoms with van der Waals surface area (Å²) in [6.45, 7) is 0. The molecule has 0 spiro atoms. The maximum atomic E-state index is 2.35. The van der Waals surface area contributed by atoms with Crippen LogP contribution in [-0.2, 0) is 0 Å². The van der Waals surface area contributed by atoms with Gasteiger partial charge >= 0.3 is 0 Å². The summed E-state index contributed by atoms with van der Waals surface area (Å²) in [5, 5.41) is 11.1. The lowest BCUT2D eigenvalue weighted by atomic mass is 10.4. The lowest BCUT2D eigenvalue weighted by Gasteiger charge is -2.25. The largest absolute Gasteiger partial charge is 0.0785 e. The average molecular weight is 941 g/mol. The number of rotatable bonds is 12. The minimum atomic E-state index is -0.857.